The highest BCUT2D eigenvalue weighted by atomic mass is 15.0. The normalized spacial score (nSPS) is 11.4. The first-order valence-corrected chi connectivity index (χ1v) is 5.75. The van der Waals surface area contributed by atoms with Crippen LogP contribution in [0.25, 0.3) is 16.9 Å². The van der Waals surface area contributed by atoms with Gasteiger partial charge in [-0.3, -0.25) is 9.98 Å². The highest BCUT2D eigenvalue weighted by Gasteiger charge is 2.10. The fourth-order valence-corrected chi connectivity index (χ4v) is 1.95. The van der Waals surface area contributed by atoms with Gasteiger partial charge in [-0.2, -0.15) is 0 Å². The predicted molar refractivity (Wildman–Crippen MR) is 75.2 cm³/mol. The van der Waals surface area contributed by atoms with Crippen molar-refractivity contribution in [2.75, 3.05) is 0 Å². The van der Waals surface area contributed by atoms with Crippen molar-refractivity contribution in [3.05, 3.63) is 36.5 Å². The maximum absolute atomic E-state index is 4.41. The predicted octanol–water partition coefficient (Wildman–Crippen LogP) is 2.39. The number of nitrogens with zero attached hydrogens (tertiary/aromatic N) is 5. The van der Waals surface area contributed by atoms with E-state index in [2.05, 4.69) is 31.7 Å². The molecule has 0 aliphatic carbocycles. The van der Waals surface area contributed by atoms with Crippen LogP contribution in [0, 0.1) is 6.92 Å². The van der Waals surface area contributed by atoms with Crippen molar-refractivity contribution in [2.24, 2.45) is 9.98 Å². The number of hydrogen-bond acceptors (Lipinski definition) is 3. The summed E-state index contributed by atoms with van der Waals surface area (Å²) in [6.45, 7) is 5.35. The molecule has 6 nitrogen and oxygen atoms in total. The summed E-state index contributed by atoms with van der Waals surface area (Å²) in [4.78, 5) is 19.4. The fraction of sp³-hybridized carbons (Fsp3) is 0.0769. The number of fused-ring (bicyclic) bond motifs is 1. The Labute approximate surface area is 109 Å². The first-order chi connectivity index (χ1) is 9.29. The Morgan fingerprint density at radius 3 is 3.16 bits per heavy atom. The van der Waals surface area contributed by atoms with Crippen LogP contribution in [0.3, 0.4) is 0 Å². The molecule has 0 spiro atoms. The van der Waals surface area contributed by atoms with Crippen molar-refractivity contribution >= 4 is 24.5 Å². The van der Waals surface area contributed by atoms with Gasteiger partial charge in [-0.1, -0.05) is 0 Å². The topological polar surface area (TPSA) is 70.7 Å². The van der Waals surface area contributed by atoms with E-state index in [-0.39, 0.29) is 0 Å². The van der Waals surface area contributed by atoms with E-state index in [9.17, 15) is 0 Å². The second-order valence-electron chi connectivity index (χ2n) is 4.07. The lowest BCUT2D eigenvalue weighted by atomic mass is 10.1. The Balaban J connectivity index is 2.08. The Bertz CT molecular complexity index is 764. The largest absolute Gasteiger partial charge is 0.346 e. The van der Waals surface area contributed by atoms with Gasteiger partial charge in [0.25, 0.3) is 0 Å². The quantitative estimate of drug-likeness (QED) is 0.574. The smallest absolute Gasteiger partial charge is 0.155 e. The van der Waals surface area contributed by atoms with Gasteiger partial charge in [0.15, 0.2) is 5.65 Å². The van der Waals surface area contributed by atoms with Gasteiger partial charge in [-0.05, 0) is 13.6 Å². The van der Waals surface area contributed by atoms with E-state index >= 15 is 0 Å². The molecule has 6 heteroatoms. The molecule has 1 N–H and O–H groups in total. The molecule has 0 aliphatic rings. The van der Waals surface area contributed by atoms with E-state index in [0.717, 1.165) is 28.3 Å². The molecule has 3 heterocycles. The molecule has 0 bridgehead atoms. The molecular weight excluding hydrogens is 240 g/mol. The number of nitrogens with one attached hydrogen (secondary N) is 1. The number of aromatic nitrogens is 4. The van der Waals surface area contributed by atoms with Crippen LogP contribution in [0.15, 0.2) is 41.0 Å². The Kier molecular flexibility index (Phi) is 2.68. The summed E-state index contributed by atoms with van der Waals surface area (Å²) in [6.07, 6.45) is 10.6. The highest BCUT2D eigenvalue weighted by molar-refractivity contribution is 5.72. The standard InChI is InChI=1S/C13H12N6/c1-9-10(5-17-13(9)18-8-14-2)11-7-19-4-3-15-12(19)6-16-11/h3-8,17H,2H2,1H3/b18-8-. The first kappa shape index (κ1) is 11.3. The second-order valence-corrected chi connectivity index (χ2v) is 4.07. The molecule has 3 aromatic heterocycles. The van der Waals surface area contributed by atoms with Crippen LogP contribution >= 0.6 is 0 Å². The number of rotatable bonds is 3. The molecule has 0 radical (unpaired) electrons. The molecule has 3 aromatic rings. The SMILES string of the molecule is C=N/C=N\c1[nH]cc(-c2cn3ccnc3cn2)c1C. The van der Waals surface area contributed by atoms with Crippen molar-refractivity contribution in [1.82, 2.24) is 19.4 Å². The number of aliphatic imine (C=N–C) groups is 2. The molecule has 0 amide bonds. The van der Waals surface area contributed by atoms with Crippen molar-refractivity contribution in [2.45, 2.75) is 6.92 Å². The highest BCUT2D eigenvalue weighted by Crippen LogP contribution is 2.28. The van der Waals surface area contributed by atoms with Crippen molar-refractivity contribution < 1.29 is 0 Å². The molecule has 0 fully saturated rings. The molecule has 0 atom stereocenters. The van der Waals surface area contributed by atoms with E-state index in [1.54, 1.807) is 12.4 Å². The fourth-order valence-electron chi connectivity index (χ4n) is 1.95. The van der Waals surface area contributed by atoms with Gasteiger partial charge in [0.05, 0.1) is 11.9 Å². The average Bonchev–Trinajstić information content (AvgIpc) is 3.02. The third-order valence-electron chi connectivity index (χ3n) is 2.94. The van der Waals surface area contributed by atoms with Gasteiger partial charge >= 0.3 is 0 Å². The van der Waals surface area contributed by atoms with Crippen LogP contribution in [0.5, 0.6) is 0 Å². The Hall–Kier alpha value is -2.76. The van der Waals surface area contributed by atoms with E-state index in [1.807, 2.05) is 29.9 Å². The molecule has 19 heavy (non-hydrogen) atoms. The summed E-state index contributed by atoms with van der Waals surface area (Å²) in [6, 6.07) is 0. The third kappa shape index (κ3) is 1.93. The minimum atomic E-state index is 0.759. The van der Waals surface area contributed by atoms with Crippen LogP contribution < -0.4 is 0 Å². The number of hydrogen-bond donors (Lipinski definition) is 1. The zero-order chi connectivity index (χ0) is 13.2. The summed E-state index contributed by atoms with van der Waals surface area (Å²) >= 11 is 0. The summed E-state index contributed by atoms with van der Waals surface area (Å²) in [5, 5.41) is 0. The molecular formula is C13H12N6. The summed E-state index contributed by atoms with van der Waals surface area (Å²) in [5.41, 5.74) is 3.72. The maximum Gasteiger partial charge on any atom is 0.155 e. The molecule has 0 saturated carbocycles. The van der Waals surface area contributed by atoms with Crippen LogP contribution in [-0.4, -0.2) is 32.4 Å². The second kappa shape index (κ2) is 4.49. The van der Waals surface area contributed by atoms with Gasteiger partial charge in [0.2, 0.25) is 0 Å². The molecule has 0 aromatic carbocycles. The summed E-state index contributed by atoms with van der Waals surface area (Å²) in [7, 11) is 0. The lowest BCUT2D eigenvalue weighted by Crippen LogP contribution is -1.89. The van der Waals surface area contributed by atoms with Crippen LogP contribution in [0.4, 0.5) is 5.82 Å². The molecule has 3 rings (SSSR count). The zero-order valence-electron chi connectivity index (χ0n) is 10.4. The lowest BCUT2D eigenvalue weighted by Gasteiger charge is -2.00. The average molecular weight is 252 g/mol. The maximum atomic E-state index is 4.41. The van der Waals surface area contributed by atoms with E-state index in [4.69, 9.17) is 0 Å². The van der Waals surface area contributed by atoms with Crippen LogP contribution in [0.1, 0.15) is 5.56 Å². The minimum absolute atomic E-state index is 0.759. The van der Waals surface area contributed by atoms with Gasteiger partial charge in [0, 0.05) is 35.9 Å². The van der Waals surface area contributed by atoms with E-state index in [1.165, 1.54) is 6.34 Å². The van der Waals surface area contributed by atoms with Crippen molar-refractivity contribution in [3.63, 3.8) is 0 Å². The molecule has 0 unspecified atom stereocenters. The van der Waals surface area contributed by atoms with Crippen molar-refractivity contribution in [1.29, 1.82) is 0 Å². The van der Waals surface area contributed by atoms with E-state index in [0.29, 0.717) is 0 Å². The Morgan fingerprint density at radius 2 is 2.32 bits per heavy atom. The monoisotopic (exact) mass is 252 g/mol. The molecule has 94 valence electrons. The van der Waals surface area contributed by atoms with E-state index < -0.39 is 0 Å². The molecule has 0 aliphatic heterocycles. The van der Waals surface area contributed by atoms with Gasteiger partial charge < -0.3 is 9.38 Å². The third-order valence-corrected chi connectivity index (χ3v) is 2.94. The Morgan fingerprint density at radius 1 is 1.42 bits per heavy atom. The van der Waals surface area contributed by atoms with Crippen molar-refractivity contribution in [3.8, 4) is 11.3 Å². The zero-order valence-corrected chi connectivity index (χ0v) is 10.4. The van der Waals surface area contributed by atoms with Gasteiger partial charge in [-0.25, -0.2) is 9.98 Å². The van der Waals surface area contributed by atoms with Crippen LogP contribution in [0.2, 0.25) is 0 Å². The minimum Gasteiger partial charge on any atom is -0.346 e. The summed E-state index contributed by atoms with van der Waals surface area (Å²) < 4.78 is 1.93. The number of imidazole rings is 1. The van der Waals surface area contributed by atoms with Gasteiger partial charge in [-0.15, -0.1) is 0 Å². The molecule has 0 saturated heterocycles. The van der Waals surface area contributed by atoms with Crippen LogP contribution in [-0.2, 0) is 0 Å². The summed E-state index contributed by atoms with van der Waals surface area (Å²) in [5.74, 6) is 0.759. The van der Waals surface area contributed by atoms with Gasteiger partial charge in [0.1, 0.15) is 12.2 Å². The lowest BCUT2D eigenvalue weighted by molar-refractivity contribution is 1.13. The first-order valence-electron chi connectivity index (χ1n) is 5.75. The number of aromatic amines is 1. The number of H-pyrrole nitrogens is 1.